The van der Waals surface area contributed by atoms with Crippen molar-refractivity contribution in [3.05, 3.63) is 24.3 Å². The van der Waals surface area contributed by atoms with Crippen LogP contribution in [-0.2, 0) is 19.6 Å². The molecule has 1 amide bonds. The Morgan fingerprint density at radius 2 is 2.00 bits per heavy atom. The second kappa shape index (κ2) is 5.05. The summed E-state index contributed by atoms with van der Waals surface area (Å²) in [6.45, 7) is 2.28. The molecule has 1 fully saturated rings. The Hall–Kier alpha value is -1.44. The zero-order chi connectivity index (χ0) is 13.2. The highest BCUT2D eigenvalue weighted by molar-refractivity contribution is 7.89. The van der Waals surface area contributed by atoms with Crippen LogP contribution in [0.4, 0.5) is 5.69 Å². The molecule has 1 aliphatic rings. The van der Waals surface area contributed by atoms with Gasteiger partial charge in [-0.15, -0.1) is 0 Å². The van der Waals surface area contributed by atoms with E-state index in [9.17, 15) is 13.2 Å². The van der Waals surface area contributed by atoms with E-state index in [-0.39, 0.29) is 23.5 Å². The van der Waals surface area contributed by atoms with Crippen molar-refractivity contribution in [1.29, 1.82) is 0 Å². The second-order valence-corrected chi connectivity index (χ2v) is 5.78. The molecule has 2 rings (SSSR count). The van der Waals surface area contributed by atoms with Gasteiger partial charge in [-0.25, -0.2) is 13.1 Å². The predicted molar refractivity (Wildman–Crippen MR) is 65.7 cm³/mol. The molecule has 1 atom stereocenters. The first-order valence-corrected chi connectivity index (χ1v) is 6.94. The van der Waals surface area contributed by atoms with E-state index in [4.69, 9.17) is 4.74 Å². The Morgan fingerprint density at radius 1 is 1.39 bits per heavy atom. The van der Waals surface area contributed by atoms with E-state index in [0.717, 1.165) is 0 Å². The summed E-state index contributed by atoms with van der Waals surface area (Å²) in [5, 5.41) is 2.57. The first-order chi connectivity index (χ1) is 8.47. The number of amides is 1. The van der Waals surface area contributed by atoms with E-state index in [2.05, 4.69) is 10.0 Å². The largest absolute Gasteiger partial charge is 0.372 e. The summed E-state index contributed by atoms with van der Waals surface area (Å²) < 4.78 is 31.1. The molecule has 1 aromatic rings. The van der Waals surface area contributed by atoms with Crippen LogP contribution in [0, 0.1) is 0 Å². The van der Waals surface area contributed by atoms with Crippen molar-refractivity contribution in [1.82, 2.24) is 4.72 Å². The molecule has 6 nitrogen and oxygen atoms in total. The minimum absolute atomic E-state index is 0.00146. The van der Waals surface area contributed by atoms with Gasteiger partial charge in [-0.3, -0.25) is 4.79 Å². The molecule has 0 aliphatic carbocycles. The van der Waals surface area contributed by atoms with Gasteiger partial charge in [0.25, 0.3) is 0 Å². The Balaban J connectivity index is 2.04. The minimum atomic E-state index is -3.50. The molecule has 1 saturated heterocycles. The second-order valence-electron chi connectivity index (χ2n) is 4.01. The van der Waals surface area contributed by atoms with Gasteiger partial charge in [0.15, 0.2) is 0 Å². The van der Waals surface area contributed by atoms with Gasteiger partial charge in [-0.2, -0.15) is 0 Å². The van der Waals surface area contributed by atoms with Crippen LogP contribution < -0.4 is 10.0 Å². The van der Waals surface area contributed by atoms with Gasteiger partial charge in [0.2, 0.25) is 15.9 Å². The summed E-state index contributed by atoms with van der Waals surface area (Å²) in [7, 11) is -3.50. The molecule has 0 unspecified atom stereocenters. The molecule has 1 heterocycles. The first-order valence-electron chi connectivity index (χ1n) is 5.46. The Labute approximate surface area is 105 Å². The fourth-order valence-corrected chi connectivity index (χ4v) is 2.46. The maximum atomic E-state index is 11.8. The van der Waals surface area contributed by atoms with Crippen molar-refractivity contribution in [2.24, 2.45) is 0 Å². The normalized spacial score (nSPS) is 18.4. The van der Waals surface area contributed by atoms with Gasteiger partial charge in [0.1, 0.15) is 0 Å². The maximum absolute atomic E-state index is 11.8. The van der Waals surface area contributed by atoms with Crippen molar-refractivity contribution in [3.8, 4) is 0 Å². The van der Waals surface area contributed by atoms with Gasteiger partial charge in [0, 0.05) is 19.2 Å². The van der Waals surface area contributed by atoms with Gasteiger partial charge < -0.3 is 10.1 Å². The van der Waals surface area contributed by atoms with Crippen LogP contribution in [0.25, 0.3) is 0 Å². The van der Waals surface area contributed by atoms with Crippen LogP contribution in [0.1, 0.15) is 6.92 Å². The number of carbonyl (C=O) groups excluding carboxylic acids is 1. The predicted octanol–water partition coefficient (Wildman–Crippen LogP) is 0.322. The zero-order valence-electron chi connectivity index (χ0n) is 9.84. The molecule has 2 N–H and O–H groups in total. The molecule has 1 aromatic carbocycles. The van der Waals surface area contributed by atoms with E-state index in [1.165, 1.54) is 19.1 Å². The van der Waals surface area contributed by atoms with Crippen molar-refractivity contribution in [2.45, 2.75) is 17.9 Å². The summed E-state index contributed by atoms with van der Waals surface area (Å²) in [6, 6.07) is 5.98. The summed E-state index contributed by atoms with van der Waals surface area (Å²) in [4.78, 5) is 11.0. The molecule has 0 bridgehead atoms. The van der Waals surface area contributed by atoms with Crippen LogP contribution in [0.2, 0.25) is 0 Å². The van der Waals surface area contributed by atoms with Crippen molar-refractivity contribution >= 4 is 21.6 Å². The number of rotatable bonds is 5. The number of hydrogen-bond acceptors (Lipinski definition) is 4. The lowest BCUT2D eigenvalue weighted by atomic mass is 10.3. The van der Waals surface area contributed by atoms with Gasteiger partial charge in [0.05, 0.1) is 17.6 Å². The smallest absolute Gasteiger partial charge is 0.240 e. The lowest BCUT2D eigenvalue weighted by Gasteiger charge is -2.06. The van der Waals surface area contributed by atoms with E-state index in [1.807, 2.05) is 0 Å². The Kier molecular flexibility index (Phi) is 3.65. The number of ether oxygens (including phenoxy) is 1. The van der Waals surface area contributed by atoms with Gasteiger partial charge in [-0.1, -0.05) is 0 Å². The van der Waals surface area contributed by atoms with Crippen LogP contribution >= 0.6 is 0 Å². The number of benzene rings is 1. The number of anilines is 1. The minimum Gasteiger partial charge on any atom is -0.372 e. The molecule has 1 aliphatic heterocycles. The highest BCUT2D eigenvalue weighted by atomic mass is 32.2. The lowest BCUT2D eigenvalue weighted by molar-refractivity contribution is -0.114. The molecule has 0 radical (unpaired) electrons. The van der Waals surface area contributed by atoms with E-state index in [0.29, 0.717) is 12.3 Å². The van der Waals surface area contributed by atoms with E-state index in [1.54, 1.807) is 12.1 Å². The third-order valence-electron chi connectivity index (χ3n) is 2.39. The van der Waals surface area contributed by atoms with Crippen LogP contribution in [0.3, 0.4) is 0 Å². The van der Waals surface area contributed by atoms with E-state index >= 15 is 0 Å². The van der Waals surface area contributed by atoms with Crippen molar-refractivity contribution in [3.63, 3.8) is 0 Å². The molecular weight excluding hydrogens is 256 g/mol. The highest BCUT2D eigenvalue weighted by Gasteiger charge is 2.25. The SMILES string of the molecule is CC(=O)Nc1ccc(S(=O)(=O)NC[C@H]2CO2)cc1. The number of hydrogen-bond donors (Lipinski definition) is 2. The monoisotopic (exact) mass is 270 g/mol. The van der Waals surface area contributed by atoms with Crippen molar-refractivity contribution < 1.29 is 17.9 Å². The molecule has 0 spiro atoms. The average Bonchev–Trinajstić information content (AvgIpc) is 3.10. The molecule has 0 saturated carbocycles. The zero-order valence-corrected chi connectivity index (χ0v) is 10.7. The fourth-order valence-electron chi connectivity index (χ4n) is 1.39. The Morgan fingerprint density at radius 3 is 2.50 bits per heavy atom. The molecule has 7 heteroatoms. The number of carbonyl (C=O) groups is 1. The number of sulfonamides is 1. The van der Waals surface area contributed by atoms with Gasteiger partial charge in [-0.05, 0) is 24.3 Å². The fraction of sp³-hybridized carbons (Fsp3) is 0.364. The highest BCUT2D eigenvalue weighted by Crippen LogP contribution is 2.15. The van der Waals surface area contributed by atoms with Crippen LogP contribution in [0.15, 0.2) is 29.2 Å². The number of nitrogens with one attached hydrogen (secondary N) is 2. The summed E-state index contributed by atoms with van der Waals surface area (Å²) >= 11 is 0. The third kappa shape index (κ3) is 3.52. The molecule has 0 aromatic heterocycles. The summed E-state index contributed by atoms with van der Waals surface area (Å²) in [5.41, 5.74) is 0.562. The summed E-state index contributed by atoms with van der Waals surface area (Å²) in [6.07, 6.45) is -0.00146. The topological polar surface area (TPSA) is 87.8 Å². The molecule has 98 valence electrons. The standard InChI is InChI=1S/C11H14N2O4S/c1-8(14)13-9-2-4-11(5-3-9)18(15,16)12-6-10-7-17-10/h2-5,10,12H,6-7H2,1H3,(H,13,14)/t10-/m0/s1. The van der Waals surface area contributed by atoms with E-state index < -0.39 is 10.0 Å². The summed E-state index contributed by atoms with van der Waals surface area (Å²) in [5.74, 6) is -0.199. The average molecular weight is 270 g/mol. The third-order valence-corrected chi connectivity index (χ3v) is 3.83. The maximum Gasteiger partial charge on any atom is 0.240 e. The van der Waals surface area contributed by atoms with Gasteiger partial charge >= 0.3 is 0 Å². The molecular formula is C11H14N2O4S. The first kappa shape index (κ1) is 13.0. The Bertz CT molecular complexity index is 535. The molecule has 18 heavy (non-hydrogen) atoms. The quantitative estimate of drug-likeness (QED) is 0.754. The van der Waals surface area contributed by atoms with Crippen LogP contribution in [0.5, 0.6) is 0 Å². The number of epoxide rings is 1. The lowest BCUT2D eigenvalue weighted by Crippen LogP contribution is -2.27. The van der Waals surface area contributed by atoms with Crippen LogP contribution in [-0.4, -0.2) is 33.6 Å². The van der Waals surface area contributed by atoms with Crippen molar-refractivity contribution in [2.75, 3.05) is 18.5 Å².